The summed E-state index contributed by atoms with van der Waals surface area (Å²) in [4.78, 5) is 15.6. The molecule has 7 heteroatoms. The molecule has 156 valence electrons. The normalized spacial score (nSPS) is 22.0. The van der Waals surface area contributed by atoms with Crippen LogP contribution in [0.5, 0.6) is 11.5 Å². The zero-order valence-electron chi connectivity index (χ0n) is 17.2. The molecule has 2 aliphatic heterocycles. The number of ether oxygens (including phenoxy) is 2. The van der Waals surface area contributed by atoms with E-state index in [1.807, 2.05) is 12.1 Å². The number of hydrogen-bond acceptors (Lipinski definition) is 5. The summed E-state index contributed by atoms with van der Waals surface area (Å²) in [5.41, 5.74) is 1.97. The number of carbonyl (C=O) groups is 1. The summed E-state index contributed by atoms with van der Waals surface area (Å²) < 4.78 is 10.8. The molecule has 2 atom stereocenters. The molecule has 0 bridgehead atoms. The average molecular weight is 399 g/mol. The predicted octanol–water partition coefficient (Wildman–Crippen LogP) is 3.09. The van der Waals surface area contributed by atoms with Crippen molar-refractivity contribution < 1.29 is 14.3 Å². The Hall–Kier alpha value is -2.54. The third kappa shape index (κ3) is 4.10. The fraction of sp³-hybridized carbons (Fsp3) is 0.545. The van der Waals surface area contributed by atoms with Crippen molar-refractivity contribution in [1.29, 1.82) is 0 Å². The van der Waals surface area contributed by atoms with E-state index in [1.165, 1.54) is 45.2 Å². The summed E-state index contributed by atoms with van der Waals surface area (Å²) in [7, 11) is 3.22. The van der Waals surface area contributed by atoms with E-state index >= 15 is 0 Å². The monoisotopic (exact) mass is 398 g/mol. The van der Waals surface area contributed by atoms with Gasteiger partial charge in [0.1, 0.15) is 11.5 Å². The number of piperidine rings is 2. The highest BCUT2D eigenvalue weighted by molar-refractivity contribution is 6.00. The maximum atomic E-state index is 13.0. The quantitative estimate of drug-likeness (QED) is 0.782. The molecule has 1 amide bonds. The first-order chi connectivity index (χ1) is 14.2. The van der Waals surface area contributed by atoms with Gasteiger partial charge in [0.15, 0.2) is 0 Å². The first-order valence-electron chi connectivity index (χ1n) is 10.5. The van der Waals surface area contributed by atoms with Crippen molar-refractivity contribution in [3.63, 3.8) is 0 Å². The Morgan fingerprint density at radius 3 is 2.90 bits per heavy atom. The van der Waals surface area contributed by atoms with Crippen LogP contribution < -0.4 is 14.8 Å². The minimum absolute atomic E-state index is 0.0976. The van der Waals surface area contributed by atoms with Crippen LogP contribution in [0.1, 0.15) is 42.5 Å². The first-order valence-corrected chi connectivity index (χ1v) is 10.5. The molecule has 3 heterocycles. The Labute approximate surface area is 171 Å². The van der Waals surface area contributed by atoms with Crippen molar-refractivity contribution in [2.75, 3.05) is 33.9 Å². The highest BCUT2D eigenvalue weighted by Crippen LogP contribution is 2.34. The zero-order valence-corrected chi connectivity index (χ0v) is 17.2. The van der Waals surface area contributed by atoms with Gasteiger partial charge in [-0.3, -0.25) is 9.89 Å². The Kier molecular flexibility index (Phi) is 6.04. The number of fused-ring (bicyclic) bond motifs is 1. The van der Waals surface area contributed by atoms with E-state index in [-0.39, 0.29) is 5.91 Å². The van der Waals surface area contributed by atoms with E-state index in [4.69, 9.17) is 9.47 Å². The van der Waals surface area contributed by atoms with Crippen molar-refractivity contribution in [3.05, 3.63) is 30.0 Å². The minimum Gasteiger partial charge on any atom is -0.497 e. The van der Waals surface area contributed by atoms with Crippen LogP contribution in [0.4, 0.5) is 0 Å². The summed E-state index contributed by atoms with van der Waals surface area (Å²) >= 11 is 0. The average Bonchev–Trinajstić information content (AvgIpc) is 3.26. The van der Waals surface area contributed by atoms with Crippen molar-refractivity contribution in [2.45, 2.75) is 38.1 Å². The van der Waals surface area contributed by atoms with Gasteiger partial charge in [0.05, 0.1) is 31.7 Å². The Morgan fingerprint density at radius 2 is 2.07 bits per heavy atom. The van der Waals surface area contributed by atoms with E-state index < -0.39 is 0 Å². The maximum absolute atomic E-state index is 13.0. The lowest BCUT2D eigenvalue weighted by atomic mass is 9.83. The smallest absolute Gasteiger partial charge is 0.255 e. The molecule has 2 aromatic rings. The Morgan fingerprint density at radius 1 is 1.21 bits per heavy atom. The highest BCUT2D eigenvalue weighted by Gasteiger charge is 2.33. The van der Waals surface area contributed by atoms with Gasteiger partial charge in [-0.05, 0) is 56.8 Å². The second kappa shape index (κ2) is 8.86. The number of H-pyrrole nitrogens is 1. The molecular weight excluding hydrogens is 368 g/mol. The van der Waals surface area contributed by atoms with Gasteiger partial charge in [0, 0.05) is 24.2 Å². The molecule has 0 aliphatic carbocycles. The van der Waals surface area contributed by atoms with Gasteiger partial charge in [-0.2, -0.15) is 5.10 Å². The standard InChI is InChI=1S/C22H30N4O3/c1-28-16-8-9-17(20(12-16)29-2)21-18(14-24-25-21)22(27)23-13-15-6-5-11-26-10-4-3-7-19(15)26/h8-9,12,14-15,19H,3-7,10-11,13H2,1-2H3,(H,23,27)(H,24,25)/t15-,19+/m0/s1. The number of rotatable bonds is 6. The number of carbonyl (C=O) groups excluding carboxylic acids is 1. The van der Waals surface area contributed by atoms with E-state index in [0.717, 1.165) is 5.56 Å². The number of aromatic amines is 1. The number of aromatic nitrogens is 2. The third-order valence-corrected chi connectivity index (χ3v) is 6.32. The van der Waals surface area contributed by atoms with Crippen molar-refractivity contribution >= 4 is 5.91 Å². The van der Waals surface area contributed by atoms with E-state index in [1.54, 1.807) is 26.5 Å². The summed E-state index contributed by atoms with van der Waals surface area (Å²) in [6.07, 6.45) is 7.85. The largest absolute Gasteiger partial charge is 0.497 e. The first kappa shape index (κ1) is 19.8. The van der Waals surface area contributed by atoms with Gasteiger partial charge in [-0.1, -0.05) is 6.42 Å². The van der Waals surface area contributed by atoms with Gasteiger partial charge in [-0.25, -0.2) is 0 Å². The zero-order chi connectivity index (χ0) is 20.2. The van der Waals surface area contributed by atoms with Crippen molar-refractivity contribution in [1.82, 2.24) is 20.4 Å². The molecule has 2 N–H and O–H groups in total. The van der Waals surface area contributed by atoms with Crippen LogP contribution in [0, 0.1) is 5.92 Å². The molecule has 0 radical (unpaired) electrons. The van der Waals surface area contributed by atoms with E-state index in [0.29, 0.717) is 41.3 Å². The molecule has 2 aliphatic rings. The van der Waals surface area contributed by atoms with E-state index in [9.17, 15) is 4.79 Å². The van der Waals surface area contributed by atoms with Crippen molar-refractivity contribution in [3.8, 4) is 22.8 Å². The lowest BCUT2D eigenvalue weighted by Crippen LogP contribution is -2.51. The highest BCUT2D eigenvalue weighted by atomic mass is 16.5. The molecular formula is C22H30N4O3. The topological polar surface area (TPSA) is 79.5 Å². The second-order valence-electron chi connectivity index (χ2n) is 7.94. The third-order valence-electron chi connectivity index (χ3n) is 6.32. The van der Waals surface area contributed by atoms with Crippen LogP contribution in [0.3, 0.4) is 0 Å². The molecule has 0 spiro atoms. The lowest BCUT2D eigenvalue weighted by Gasteiger charge is -2.44. The van der Waals surface area contributed by atoms with Crippen LogP contribution in [0.2, 0.25) is 0 Å². The van der Waals surface area contributed by atoms with Gasteiger partial charge in [0.25, 0.3) is 5.91 Å². The van der Waals surface area contributed by atoms with Crippen LogP contribution in [-0.2, 0) is 0 Å². The molecule has 1 aromatic heterocycles. The van der Waals surface area contributed by atoms with Gasteiger partial charge < -0.3 is 19.7 Å². The molecule has 2 saturated heterocycles. The minimum atomic E-state index is -0.0976. The SMILES string of the molecule is COc1ccc(-c2[nH]ncc2C(=O)NC[C@@H]2CCCN3CCCC[C@H]23)c(OC)c1. The summed E-state index contributed by atoms with van der Waals surface area (Å²) in [6.45, 7) is 3.13. The molecule has 4 rings (SSSR count). The number of hydrogen-bond donors (Lipinski definition) is 2. The molecule has 0 saturated carbocycles. The molecule has 1 aromatic carbocycles. The van der Waals surface area contributed by atoms with Gasteiger partial charge in [-0.15, -0.1) is 0 Å². The van der Waals surface area contributed by atoms with Gasteiger partial charge >= 0.3 is 0 Å². The van der Waals surface area contributed by atoms with Gasteiger partial charge in [0.2, 0.25) is 0 Å². The molecule has 29 heavy (non-hydrogen) atoms. The Bertz CT molecular complexity index is 848. The molecule has 2 fully saturated rings. The maximum Gasteiger partial charge on any atom is 0.255 e. The van der Waals surface area contributed by atoms with Crippen molar-refractivity contribution in [2.24, 2.45) is 5.92 Å². The number of methoxy groups -OCH3 is 2. The van der Waals surface area contributed by atoms with Crippen LogP contribution in [0.15, 0.2) is 24.4 Å². The predicted molar refractivity (Wildman–Crippen MR) is 111 cm³/mol. The summed E-state index contributed by atoms with van der Waals surface area (Å²) in [6, 6.07) is 6.14. The number of nitrogens with one attached hydrogen (secondary N) is 2. The molecule has 7 nitrogen and oxygen atoms in total. The second-order valence-corrected chi connectivity index (χ2v) is 7.94. The lowest BCUT2D eigenvalue weighted by molar-refractivity contribution is 0.0576. The fourth-order valence-electron chi connectivity index (χ4n) is 4.80. The number of amides is 1. The summed E-state index contributed by atoms with van der Waals surface area (Å²) in [5, 5.41) is 10.2. The number of benzene rings is 1. The van der Waals surface area contributed by atoms with Crippen LogP contribution >= 0.6 is 0 Å². The van der Waals surface area contributed by atoms with Crippen LogP contribution in [-0.4, -0.2) is 60.9 Å². The van der Waals surface area contributed by atoms with Crippen LogP contribution in [0.25, 0.3) is 11.3 Å². The Balaban J connectivity index is 1.48. The number of nitrogens with zero attached hydrogens (tertiary/aromatic N) is 2. The van der Waals surface area contributed by atoms with E-state index in [2.05, 4.69) is 20.4 Å². The summed E-state index contributed by atoms with van der Waals surface area (Å²) in [5.74, 6) is 1.76. The fourth-order valence-corrected chi connectivity index (χ4v) is 4.80. The molecule has 0 unspecified atom stereocenters.